The number of aliphatic hydroxyl groups is 1. The maximum Gasteiger partial charge on any atom is 0.133 e. The van der Waals surface area contributed by atoms with Crippen molar-refractivity contribution in [3.63, 3.8) is 0 Å². The van der Waals surface area contributed by atoms with Gasteiger partial charge in [-0.05, 0) is 12.5 Å². The van der Waals surface area contributed by atoms with Gasteiger partial charge in [0.15, 0.2) is 0 Å². The Hall–Kier alpha value is -1.25. The van der Waals surface area contributed by atoms with Gasteiger partial charge in [0.2, 0.25) is 0 Å². The Labute approximate surface area is 111 Å². The topological polar surface area (TPSA) is 29.5 Å². The molecule has 3 rings (SSSR count). The van der Waals surface area contributed by atoms with Gasteiger partial charge in [0, 0.05) is 21.4 Å². The molecule has 0 amide bonds. The molecule has 94 valence electrons. The molecular weight excluding hydrogens is 248 g/mol. The SMILES string of the molecule is CCCC1Oc2c(cc(Cl)c3ccccc23)C1O. The maximum absolute atomic E-state index is 10.3. The standard InChI is InChI=1S/C15H15ClO2/c1-2-5-13-14(17)11-8-12(16)9-6-3-4-7-10(9)15(11)18-13/h3-4,6-8,13-14,17H,2,5H2,1H3. The molecule has 0 bridgehead atoms. The number of benzene rings is 2. The molecule has 1 N–H and O–H groups in total. The molecule has 18 heavy (non-hydrogen) atoms. The minimum absolute atomic E-state index is 0.146. The van der Waals surface area contributed by atoms with Crippen LogP contribution in [0.1, 0.15) is 31.4 Å². The van der Waals surface area contributed by atoms with Crippen LogP contribution in [-0.4, -0.2) is 11.2 Å². The van der Waals surface area contributed by atoms with Gasteiger partial charge in [-0.25, -0.2) is 0 Å². The van der Waals surface area contributed by atoms with Crippen molar-refractivity contribution in [3.05, 3.63) is 40.9 Å². The fraction of sp³-hybridized carbons (Fsp3) is 0.333. The van der Waals surface area contributed by atoms with E-state index in [1.54, 1.807) is 0 Å². The highest BCUT2D eigenvalue weighted by molar-refractivity contribution is 6.36. The summed E-state index contributed by atoms with van der Waals surface area (Å²) in [4.78, 5) is 0. The number of halogens is 1. The first-order valence-electron chi connectivity index (χ1n) is 6.28. The number of fused-ring (bicyclic) bond motifs is 3. The first kappa shape index (κ1) is 11.8. The Morgan fingerprint density at radius 2 is 2.00 bits per heavy atom. The number of hydrogen-bond acceptors (Lipinski definition) is 2. The molecule has 2 aromatic rings. The van der Waals surface area contributed by atoms with Crippen LogP contribution in [0.15, 0.2) is 30.3 Å². The fourth-order valence-corrected chi connectivity index (χ4v) is 2.88. The summed E-state index contributed by atoms with van der Waals surface area (Å²) in [6, 6.07) is 9.71. The average Bonchev–Trinajstić information content (AvgIpc) is 2.69. The number of ether oxygens (including phenoxy) is 1. The van der Waals surface area contributed by atoms with Crippen LogP contribution in [0.2, 0.25) is 5.02 Å². The van der Waals surface area contributed by atoms with Gasteiger partial charge in [0.05, 0.1) is 0 Å². The third kappa shape index (κ3) is 1.68. The van der Waals surface area contributed by atoms with E-state index in [1.165, 1.54) is 0 Å². The van der Waals surface area contributed by atoms with Gasteiger partial charge >= 0.3 is 0 Å². The van der Waals surface area contributed by atoms with Crippen molar-refractivity contribution >= 4 is 22.4 Å². The summed E-state index contributed by atoms with van der Waals surface area (Å²) in [5.41, 5.74) is 0.817. The van der Waals surface area contributed by atoms with E-state index in [4.69, 9.17) is 16.3 Å². The lowest BCUT2D eigenvalue weighted by Crippen LogP contribution is -2.17. The highest BCUT2D eigenvalue weighted by Crippen LogP contribution is 2.45. The van der Waals surface area contributed by atoms with Crippen molar-refractivity contribution in [2.24, 2.45) is 0 Å². The summed E-state index contributed by atoms with van der Waals surface area (Å²) in [6.45, 7) is 2.09. The van der Waals surface area contributed by atoms with Crippen molar-refractivity contribution in [1.29, 1.82) is 0 Å². The quantitative estimate of drug-likeness (QED) is 0.883. The summed E-state index contributed by atoms with van der Waals surface area (Å²) in [7, 11) is 0. The van der Waals surface area contributed by atoms with Crippen LogP contribution in [-0.2, 0) is 0 Å². The molecule has 2 aromatic carbocycles. The molecule has 1 aliphatic heterocycles. The summed E-state index contributed by atoms with van der Waals surface area (Å²) in [5.74, 6) is 0.793. The lowest BCUT2D eigenvalue weighted by atomic mass is 10.0. The van der Waals surface area contributed by atoms with Gasteiger partial charge in [-0.15, -0.1) is 0 Å². The second-order valence-corrected chi connectivity index (χ2v) is 5.12. The van der Waals surface area contributed by atoms with Crippen molar-refractivity contribution in [3.8, 4) is 5.75 Å². The molecule has 0 radical (unpaired) electrons. The summed E-state index contributed by atoms with van der Waals surface area (Å²) < 4.78 is 5.92. The molecule has 0 spiro atoms. The van der Waals surface area contributed by atoms with Crippen molar-refractivity contribution in [2.45, 2.75) is 32.0 Å². The minimum atomic E-state index is -0.568. The van der Waals surface area contributed by atoms with E-state index in [1.807, 2.05) is 30.3 Å². The van der Waals surface area contributed by atoms with E-state index in [0.29, 0.717) is 5.02 Å². The van der Waals surface area contributed by atoms with Gasteiger partial charge in [-0.3, -0.25) is 0 Å². The highest BCUT2D eigenvalue weighted by Gasteiger charge is 2.33. The zero-order valence-corrected chi connectivity index (χ0v) is 10.9. The third-order valence-corrected chi connectivity index (χ3v) is 3.80. The molecule has 0 aromatic heterocycles. The first-order chi connectivity index (χ1) is 8.72. The number of aliphatic hydroxyl groups excluding tert-OH is 1. The molecule has 2 nitrogen and oxygen atoms in total. The van der Waals surface area contributed by atoms with Crippen LogP contribution in [0.3, 0.4) is 0 Å². The van der Waals surface area contributed by atoms with Crippen molar-refractivity contribution < 1.29 is 9.84 Å². The smallest absolute Gasteiger partial charge is 0.133 e. The molecular formula is C15H15ClO2. The predicted octanol–water partition coefficient (Wildman–Crippen LogP) is 4.09. The van der Waals surface area contributed by atoms with Crippen LogP contribution in [0, 0.1) is 0 Å². The van der Waals surface area contributed by atoms with Gasteiger partial charge < -0.3 is 9.84 Å². The molecule has 0 saturated heterocycles. The van der Waals surface area contributed by atoms with Crippen molar-refractivity contribution in [1.82, 2.24) is 0 Å². The highest BCUT2D eigenvalue weighted by atomic mass is 35.5. The Morgan fingerprint density at radius 1 is 1.28 bits per heavy atom. The fourth-order valence-electron chi connectivity index (χ4n) is 2.59. The normalized spacial score (nSPS) is 21.9. The van der Waals surface area contributed by atoms with Crippen LogP contribution < -0.4 is 4.74 Å². The number of hydrogen-bond donors (Lipinski definition) is 1. The summed E-state index contributed by atoms with van der Waals surface area (Å²) in [6.07, 6.45) is 1.12. The molecule has 0 saturated carbocycles. The Bertz CT molecular complexity index is 594. The third-order valence-electron chi connectivity index (χ3n) is 3.49. The molecule has 1 aliphatic rings. The molecule has 1 heterocycles. The second kappa shape index (κ2) is 4.45. The van der Waals surface area contributed by atoms with Gasteiger partial charge in [-0.1, -0.05) is 49.2 Å². The van der Waals surface area contributed by atoms with E-state index < -0.39 is 6.10 Å². The molecule has 0 aliphatic carbocycles. The Kier molecular flexibility index (Phi) is 2.92. The van der Waals surface area contributed by atoms with E-state index in [2.05, 4.69) is 6.92 Å². The van der Waals surface area contributed by atoms with E-state index in [-0.39, 0.29) is 6.10 Å². The summed E-state index contributed by atoms with van der Waals surface area (Å²) in [5, 5.41) is 12.9. The average molecular weight is 263 g/mol. The predicted molar refractivity (Wildman–Crippen MR) is 73.2 cm³/mol. The molecule has 0 fully saturated rings. The number of rotatable bonds is 2. The van der Waals surface area contributed by atoms with Gasteiger partial charge in [0.25, 0.3) is 0 Å². The monoisotopic (exact) mass is 262 g/mol. The lowest BCUT2D eigenvalue weighted by molar-refractivity contribution is 0.0621. The molecule has 3 heteroatoms. The van der Waals surface area contributed by atoms with Gasteiger partial charge in [0.1, 0.15) is 18.0 Å². The van der Waals surface area contributed by atoms with Crippen LogP contribution >= 0.6 is 11.6 Å². The maximum atomic E-state index is 10.3. The van der Waals surface area contributed by atoms with Crippen molar-refractivity contribution in [2.75, 3.05) is 0 Å². The Morgan fingerprint density at radius 3 is 2.72 bits per heavy atom. The van der Waals surface area contributed by atoms with E-state index >= 15 is 0 Å². The molecule has 2 unspecified atom stereocenters. The largest absolute Gasteiger partial charge is 0.486 e. The first-order valence-corrected chi connectivity index (χ1v) is 6.66. The second-order valence-electron chi connectivity index (χ2n) is 4.71. The van der Waals surface area contributed by atoms with Gasteiger partial charge in [-0.2, -0.15) is 0 Å². The molecule has 2 atom stereocenters. The van der Waals surface area contributed by atoms with Crippen LogP contribution in [0.4, 0.5) is 0 Å². The van der Waals surface area contributed by atoms with E-state index in [0.717, 1.165) is 34.9 Å². The van der Waals surface area contributed by atoms with E-state index in [9.17, 15) is 5.11 Å². The Balaban J connectivity index is 2.18. The zero-order chi connectivity index (χ0) is 12.7. The lowest BCUT2D eigenvalue weighted by Gasteiger charge is -2.12. The zero-order valence-electron chi connectivity index (χ0n) is 10.2. The van der Waals surface area contributed by atoms with Crippen LogP contribution in [0.5, 0.6) is 5.75 Å². The summed E-state index contributed by atoms with van der Waals surface area (Å²) >= 11 is 6.26. The van der Waals surface area contributed by atoms with Crippen LogP contribution in [0.25, 0.3) is 10.8 Å². The minimum Gasteiger partial charge on any atom is -0.486 e.